The molecule has 0 radical (unpaired) electrons. The normalized spacial score (nSPS) is 10.0. The maximum atomic E-state index is 11.6. The van der Waals surface area contributed by atoms with Crippen molar-refractivity contribution in [3.63, 3.8) is 0 Å². The first-order chi connectivity index (χ1) is 9.24. The molecule has 0 bridgehead atoms. The van der Waals surface area contributed by atoms with E-state index in [1.54, 1.807) is 26.2 Å². The van der Waals surface area contributed by atoms with Gasteiger partial charge in [0.05, 0.1) is 19.3 Å². The van der Waals surface area contributed by atoms with Crippen LogP contribution in [0.2, 0.25) is 0 Å². The van der Waals surface area contributed by atoms with Gasteiger partial charge in [0.2, 0.25) is 0 Å². The van der Waals surface area contributed by atoms with Crippen molar-refractivity contribution in [1.82, 2.24) is 0 Å². The Bertz CT molecular complexity index is 558. The largest absolute Gasteiger partial charge is 0.497 e. The van der Waals surface area contributed by atoms with Crippen LogP contribution in [0.25, 0.3) is 11.1 Å². The number of rotatable bonds is 4. The van der Waals surface area contributed by atoms with Gasteiger partial charge in [-0.2, -0.15) is 0 Å². The number of hydrogen-bond donors (Lipinski definition) is 0. The molecule has 0 saturated heterocycles. The Hall–Kier alpha value is -2.29. The summed E-state index contributed by atoms with van der Waals surface area (Å²) in [4.78, 5) is 11.6. The van der Waals surface area contributed by atoms with E-state index in [4.69, 9.17) is 9.47 Å². The maximum absolute atomic E-state index is 11.6. The fourth-order valence-corrected chi connectivity index (χ4v) is 1.82. The molecule has 0 N–H and O–H groups in total. The van der Waals surface area contributed by atoms with Crippen LogP contribution in [0.5, 0.6) is 5.75 Å². The summed E-state index contributed by atoms with van der Waals surface area (Å²) >= 11 is 0. The molecule has 19 heavy (non-hydrogen) atoms. The van der Waals surface area contributed by atoms with Gasteiger partial charge in [-0.25, -0.2) is 4.79 Å². The van der Waals surface area contributed by atoms with E-state index in [0.717, 1.165) is 16.9 Å². The van der Waals surface area contributed by atoms with E-state index in [2.05, 4.69) is 0 Å². The predicted molar refractivity (Wildman–Crippen MR) is 74.4 cm³/mol. The van der Waals surface area contributed by atoms with Crippen LogP contribution < -0.4 is 4.74 Å². The Labute approximate surface area is 112 Å². The lowest BCUT2D eigenvalue weighted by Gasteiger charge is -2.06. The average molecular weight is 256 g/mol. The van der Waals surface area contributed by atoms with Crippen LogP contribution in [0, 0.1) is 0 Å². The summed E-state index contributed by atoms with van der Waals surface area (Å²) < 4.78 is 10.1. The average Bonchev–Trinajstić information content (AvgIpc) is 2.48. The zero-order valence-electron chi connectivity index (χ0n) is 11.1. The van der Waals surface area contributed by atoms with E-state index in [-0.39, 0.29) is 5.97 Å². The van der Waals surface area contributed by atoms with Gasteiger partial charge < -0.3 is 9.47 Å². The SMILES string of the molecule is CCOC(=O)c1ccc(-c2cccc(OC)c2)cc1. The van der Waals surface area contributed by atoms with Crippen LogP contribution in [-0.4, -0.2) is 19.7 Å². The first kappa shape index (κ1) is 13.1. The highest BCUT2D eigenvalue weighted by molar-refractivity contribution is 5.90. The van der Waals surface area contributed by atoms with Crippen LogP contribution in [-0.2, 0) is 4.74 Å². The molecular weight excluding hydrogens is 240 g/mol. The molecule has 0 saturated carbocycles. The quantitative estimate of drug-likeness (QED) is 0.785. The van der Waals surface area contributed by atoms with E-state index < -0.39 is 0 Å². The van der Waals surface area contributed by atoms with Crippen LogP contribution in [0.4, 0.5) is 0 Å². The molecule has 0 spiro atoms. The number of methoxy groups -OCH3 is 1. The standard InChI is InChI=1S/C16H16O3/c1-3-19-16(17)13-9-7-12(8-10-13)14-5-4-6-15(11-14)18-2/h4-11H,3H2,1-2H3. The molecule has 0 aromatic heterocycles. The first-order valence-electron chi connectivity index (χ1n) is 6.16. The molecule has 2 aromatic carbocycles. The topological polar surface area (TPSA) is 35.5 Å². The first-order valence-corrected chi connectivity index (χ1v) is 6.16. The molecule has 3 heteroatoms. The van der Waals surface area contributed by atoms with Gasteiger partial charge in [0.1, 0.15) is 5.75 Å². The molecule has 2 rings (SSSR count). The lowest BCUT2D eigenvalue weighted by molar-refractivity contribution is 0.0526. The van der Waals surface area contributed by atoms with E-state index >= 15 is 0 Å². The summed E-state index contributed by atoms with van der Waals surface area (Å²) in [6, 6.07) is 15.1. The van der Waals surface area contributed by atoms with Crippen LogP contribution in [0.15, 0.2) is 48.5 Å². The molecule has 2 aromatic rings. The molecule has 0 fully saturated rings. The summed E-state index contributed by atoms with van der Waals surface area (Å²) in [6.45, 7) is 2.18. The third-order valence-corrected chi connectivity index (χ3v) is 2.80. The van der Waals surface area contributed by atoms with Crippen molar-refractivity contribution in [3.05, 3.63) is 54.1 Å². The smallest absolute Gasteiger partial charge is 0.338 e. The van der Waals surface area contributed by atoms with Gasteiger partial charge in [-0.05, 0) is 42.3 Å². The van der Waals surface area contributed by atoms with Gasteiger partial charge in [-0.3, -0.25) is 0 Å². The second-order valence-corrected chi connectivity index (χ2v) is 4.03. The third kappa shape index (κ3) is 3.13. The van der Waals surface area contributed by atoms with Crippen LogP contribution >= 0.6 is 0 Å². The lowest BCUT2D eigenvalue weighted by atomic mass is 10.0. The molecule has 3 nitrogen and oxygen atoms in total. The van der Waals surface area contributed by atoms with Crippen molar-refractivity contribution < 1.29 is 14.3 Å². The van der Waals surface area contributed by atoms with Crippen molar-refractivity contribution >= 4 is 5.97 Å². The van der Waals surface area contributed by atoms with Gasteiger partial charge in [0, 0.05) is 0 Å². The minimum Gasteiger partial charge on any atom is -0.497 e. The monoisotopic (exact) mass is 256 g/mol. The number of carbonyl (C=O) groups excluding carboxylic acids is 1. The van der Waals surface area contributed by atoms with Crippen molar-refractivity contribution in [1.29, 1.82) is 0 Å². The van der Waals surface area contributed by atoms with Gasteiger partial charge in [0.25, 0.3) is 0 Å². The van der Waals surface area contributed by atoms with Crippen molar-refractivity contribution in [2.45, 2.75) is 6.92 Å². The minimum absolute atomic E-state index is 0.292. The fraction of sp³-hybridized carbons (Fsp3) is 0.188. The number of carbonyl (C=O) groups is 1. The van der Waals surface area contributed by atoms with Crippen molar-refractivity contribution in [2.75, 3.05) is 13.7 Å². The molecule has 0 aliphatic rings. The van der Waals surface area contributed by atoms with E-state index in [1.807, 2.05) is 36.4 Å². The lowest BCUT2D eigenvalue weighted by Crippen LogP contribution is -2.03. The number of hydrogen-bond acceptors (Lipinski definition) is 3. The summed E-state index contributed by atoms with van der Waals surface area (Å²) in [5.74, 6) is 0.520. The molecular formula is C16H16O3. The Morgan fingerprint density at radius 1 is 1.05 bits per heavy atom. The highest BCUT2D eigenvalue weighted by atomic mass is 16.5. The Morgan fingerprint density at radius 2 is 1.79 bits per heavy atom. The molecule has 0 heterocycles. The highest BCUT2D eigenvalue weighted by Gasteiger charge is 2.06. The van der Waals surface area contributed by atoms with Crippen LogP contribution in [0.1, 0.15) is 17.3 Å². The summed E-state index contributed by atoms with van der Waals surface area (Å²) in [5.41, 5.74) is 2.65. The molecule has 0 aliphatic carbocycles. The predicted octanol–water partition coefficient (Wildman–Crippen LogP) is 3.54. The van der Waals surface area contributed by atoms with Gasteiger partial charge in [0.15, 0.2) is 0 Å². The Kier molecular flexibility index (Phi) is 4.18. The van der Waals surface area contributed by atoms with E-state index in [9.17, 15) is 4.79 Å². The third-order valence-electron chi connectivity index (χ3n) is 2.80. The fourth-order valence-electron chi connectivity index (χ4n) is 1.82. The summed E-state index contributed by atoms with van der Waals surface area (Å²) in [5, 5.41) is 0. The zero-order chi connectivity index (χ0) is 13.7. The number of ether oxygens (including phenoxy) is 2. The molecule has 0 unspecified atom stereocenters. The van der Waals surface area contributed by atoms with Gasteiger partial charge >= 0.3 is 5.97 Å². The molecule has 0 amide bonds. The summed E-state index contributed by atoms with van der Waals surface area (Å²) in [7, 11) is 1.64. The van der Waals surface area contributed by atoms with Crippen molar-refractivity contribution in [2.24, 2.45) is 0 Å². The maximum Gasteiger partial charge on any atom is 0.338 e. The van der Waals surface area contributed by atoms with Crippen molar-refractivity contribution in [3.8, 4) is 16.9 Å². The summed E-state index contributed by atoms with van der Waals surface area (Å²) in [6.07, 6.45) is 0. The van der Waals surface area contributed by atoms with E-state index in [1.165, 1.54) is 0 Å². The Balaban J connectivity index is 2.24. The number of esters is 1. The highest BCUT2D eigenvalue weighted by Crippen LogP contribution is 2.24. The Morgan fingerprint density at radius 3 is 2.42 bits per heavy atom. The molecule has 0 atom stereocenters. The van der Waals surface area contributed by atoms with Gasteiger partial charge in [-0.15, -0.1) is 0 Å². The zero-order valence-corrected chi connectivity index (χ0v) is 11.1. The van der Waals surface area contributed by atoms with Crippen LogP contribution in [0.3, 0.4) is 0 Å². The molecule has 0 aliphatic heterocycles. The van der Waals surface area contributed by atoms with E-state index in [0.29, 0.717) is 12.2 Å². The minimum atomic E-state index is -0.292. The second kappa shape index (κ2) is 6.05. The number of benzene rings is 2. The molecule has 98 valence electrons. The second-order valence-electron chi connectivity index (χ2n) is 4.03. The van der Waals surface area contributed by atoms with Gasteiger partial charge in [-0.1, -0.05) is 24.3 Å².